The van der Waals surface area contributed by atoms with Crippen molar-refractivity contribution in [2.24, 2.45) is 5.73 Å². The number of halogens is 1. The molecule has 4 nitrogen and oxygen atoms in total. The van der Waals surface area contributed by atoms with E-state index >= 15 is 0 Å². The van der Waals surface area contributed by atoms with E-state index in [0.29, 0.717) is 16.3 Å². The third-order valence-corrected chi connectivity index (χ3v) is 3.42. The Bertz CT molecular complexity index is 508. The van der Waals surface area contributed by atoms with E-state index < -0.39 is 6.10 Å². The number of carbonyl (C=O) groups is 1. The first kappa shape index (κ1) is 16.7. The van der Waals surface area contributed by atoms with Gasteiger partial charge >= 0.3 is 0 Å². The fourth-order valence-corrected chi connectivity index (χ4v) is 1.81. The Morgan fingerprint density at radius 2 is 2.15 bits per heavy atom. The van der Waals surface area contributed by atoms with Gasteiger partial charge in [-0.3, -0.25) is 4.79 Å². The molecule has 0 spiro atoms. The smallest absolute Gasteiger partial charge is 0.260 e. The first-order valence-electron chi connectivity index (χ1n) is 6.41. The first-order valence-corrected chi connectivity index (χ1v) is 7.20. The van der Waals surface area contributed by atoms with E-state index in [2.05, 4.69) is 5.32 Å². The van der Waals surface area contributed by atoms with E-state index in [1.165, 1.54) is 0 Å². The molecule has 0 aliphatic heterocycles. The number of rotatable bonds is 6. The Kier molecular flexibility index (Phi) is 6.23. The number of amides is 1. The summed E-state index contributed by atoms with van der Waals surface area (Å²) in [5.41, 5.74) is 6.18. The number of nitrogens with two attached hydrogens (primary N) is 1. The van der Waals surface area contributed by atoms with E-state index in [0.717, 1.165) is 6.42 Å². The molecule has 0 aliphatic rings. The van der Waals surface area contributed by atoms with E-state index in [-0.39, 0.29) is 16.9 Å². The molecule has 1 aromatic rings. The summed E-state index contributed by atoms with van der Waals surface area (Å²) in [4.78, 5) is 12.1. The molecule has 0 radical (unpaired) electrons. The van der Waals surface area contributed by atoms with Crippen molar-refractivity contribution in [1.82, 2.24) is 5.32 Å². The number of nitrogens with one attached hydrogen (secondary N) is 1. The molecule has 3 N–H and O–H groups in total. The zero-order valence-corrected chi connectivity index (χ0v) is 13.3. The van der Waals surface area contributed by atoms with Gasteiger partial charge in [0.25, 0.3) is 5.91 Å². The van der Waals surface area contributed by atoms with Crippen LogP contribution >= 0.6 is 23.8 Å². The van der Waals surface area contributed by atoms with Gasteiger partial charge in [-0.2, -0.15) is 0 Å². The summed E-state index contributed by atoms with van der Waals surface area (Å²) in [7, 11) is 0. The monoisotopic (exact) mass is 314 g/mol. The van der Waals surface area contributed by atoms with Gasteiger partial charge < -0.3 is 15.8 Å². The molecule has 110 valence electrons. The van der Waals surface area contributed by atoms with Gasteiger partial charge in [-0.05, 0) is 38.5 Å². The topological polar surface area (TPSA) is 64.3 Å². The molecular formula is C14H19ClN2O2S. The zero-order valence-electron chi connectivity index (χ0n) is 11.8. The van der Waals surface area contributed by atoms with Crippen molar-refractivity contribution in [2.45, 2.75) is 39.3 Å². The van der Waals surface area contributed by atoms with Crippen molar-refractivity contribution in [3.8, 4) is 5.75 Å². The minimum absolute atomic E-state index is 0.112. The summed E-state index contributed by atoms with van der Waals surface area (Å²) in [6, 6.07) is 5.10. The van der Waals surface area contributed by atoms with Gasteiger partial charge in [0.1, 0.15) is 10.7 Å². The highest BCUT2D eigenvalue weighted by Crippen LogP contribution is 2.26. The lowest BCUT2D eigenvalue weighted by Crippen LogP contribution is -2.41. The van der Waals surface area contributed by atoms with Crippen LogP contribution in [0.15, 0.2) is 18.2 Å². The van der Waals surface area contributed by atoms with Crippen LogP contribution in [0, 0.1) is 0 Å². The van der Waals surface area contributed by atoms with Crippen molar-refractivity contribution in [3.63, 3.8) is 0 Å². The van der Waals surface area contributed by atoms with Crippen LogP contribution < -0.4 is 15.8 Å². The molecule has 0 saturated carbocycles. The second-order valence-corrected chi connectivity index (χ2v) is 5.43. The molecule has 1 aromatic carbocycles. The second-order valence-electron chi connectivity index (χ2n) is 4.59. The molecule has 0 aliphatic carbocycles. The van der Waals surface area contributed by atoms with Crippen molar-refractivity contribution >= 4 is 34.7 Å². The predicted octanol–water partition coefficient (Wildman–Crippen LogP) is 2.66. The molecule has 2 atom stereocenters. The molecule has 0 saturated heterocycles. The van der Waals surface area contributed by atoms with Crippen LogP contribution in [-0.2, 0) is 4.79 Å². The molecule has 0 aromatic heterocycles. The van der Waals surface area contributed by atoms with Crippen LogP contribution in [0.25, 0.3) is 0 Å². The Morgan fingerprint density at radius 1 is 1.50 bits per heavy atom. The maximum absolute atomic E-state index is 11.9. The maximum Gasteiger partial charge on any atom is 0.260 e. The number of ether oxygens (including phenoxy) is 1. The van der Waals surface area contributed by atoms with Gasteiger partial charge in [-0.1, -0.05) is 30.7 Å². The summed E-state index contributed by atoms with van der Waals surface area (Å²) >= 11 is 11.0. The van der Waals surface area contributed by atoms with Crippen molar-refractivity contribution in [1.29, 1.82) is 0 Å². The summed E-state index contributed by atoms with van der Waals surface area (Å²) in [6.07, 6.45) is 0.235. The van der Waals surface area contributed by atoms with Gasteiger partial charge in [0, 0.05) is 11.6 Å². The maximum atomic E-state index is 11.9. The van der Waals surface area contributed by atoms with E-state index in [1.807, 2.05) is 13.8 Å². The molecule has 6 heteroatoms. The number of thiocarbonyl (C=S) groups is 1. The van der Waals surface area contributed by atoms with Gasteiger partial charge in [-0.25, -0.2) is 0 Å². The zero-order chi connectivity index (χ0) is 15.3. The minimum Gasteiger partial charge on any atom is -0.479 e. The molecule has 0 bridgehead atoms. The average molecular weight is 315 g/mol. The third-order valence-electron chi connectivity index (χ3n) is 2.89. The first-order chi connectivity index (χ1) is 9.35. The lowest BCUT2D eigenvalue weighted by molar-refractivity contribution is -0.127. The van der Waals surface area contributed by atoms with Crippen LogP contribution in [0.4, 0.5) is 0 Å². The number of carbonyl (C=O) groups excluding carboxylic acids is 1. The molecule has 0 fully saturated rings. The lowest BCUT2D eigenvalue weighted by atomic mass is 10.2. The SMILES string of the molecule is CCC(C)NC(=O)C(C)Oc1ccc(C(N)=S)cc1Cl. The number of benzene rings is 1. The highest BCUT2D eigenvalue weighted by molar-refractivity contribution is 7.80. The fourth-order valence-electron chi connectivity index (χ4n) is 1.46. The molecule has 1 rings (SSSR count). The van der Waals surface area contributed by atoms with Crippen LogP contribution in [-0.4, -0.2) is 23.0 Å². The summed E-state index contributed by atoms with van der Waals surface area (Å²) < 4.78 is 5.56. The van der Waals surface area contributed by atoms with Gasteiger partial charge in [0.15, 0.2) is 6.10 Å². The van der Waals surface area contributed by atoms with Gasteiger partial charge in [-0.15, -0.1) is 0 Å². The standard InChI is InChI=1S/C14H19ClN2O2S/c1-4-8(2)17-14(18)9(3)19-12-6-5-10(13(16)20)7-11(12)15/h5-9H,4H2,1-3H3,(H2,16,20)(H,17,18). The summed E-state index contributed by atoms with van der Waals surface area (Å²) in [5, 5.41) is 3.22. The van der Waals surface area contributed by atoms with Crippen molar-refractivity contribution in [3.05, 3.63) is 28.8 Å². The van der Waals surface area contributed by atoms with E-state index in [4.69, 9.17) is 34.3 Å². The van der Waals surface area contributed by atoms with E-state index in [1.54, 1.807) is 25.1 Å². The molecule has 20 heavy (non-hydrogen) atoms. The Hall–Kier alpha value is -1.33. The van der Waals surface area contributed by atoms with Crippen LogP contribution in [0.3, 0.4) is 0 Å². The van der Waals surface area contributed by atoms with Gasteiger partial charge in [0.2, 0.25) is 0 Å². The quantitative estimate of drug-likeness (QED) is 0.792. The highest BCUT2D eigenvalue weighted by Gasteiger charge is 2.17. The summed E-state index contributed by atoms with van der Waals surface area (Å²) in [6.45, 7) is 5.62. The highest BCUT2D eigenvalue weighted by atomic mass is 35.5. The van der Waals surface area contributed by atoms with Gasteiger partial charge in [0.05, 0.1) is 5.02 Å². The minimum atomic E-state index is -0.628. The normalized spacial score (nSPS) is 13.4. The largest absolute Gasteiger partial charge is 0.479 e. The Morgan fingerprint density at radius 3 is 2.65 bits per heavy atom. The Labute approximate surface area is 129 Å². The summed E-state index contributed by atoms with van der Waals surface area (Å²) in [5.74, 6) is 0.257. The lowest BCUT2D eigenvalue weighted by Gasteiger charge is -2.18. The van der Waals surface area contributed by atoms with Crippen molar-refractivity contribution in [2.75, 3.05) is 0 Å². The van der Waals surface area contributed by atoms with Crippen LogP contribution in [0.2, 0.25) is 5.02 Å². The van der Waals surface area contributed by atoms with E-state index in [9.17, 15) is 4.79 Å². The molecular weight excluding hydrogens is 296 g/mol. The molecule has 1 amide bonds. The number of hydrogen-bond acceptors (Lipinski definition) is 3. The van der Waals surface area contributed by atoms with Crippen molar-refractivity contribution < 1.29 is 9.53 Å². The Balaban J connectivity index is 2.73. The molecule has 2 unspecified atom stereocenters. The average Bonchev–Trinajstić information content (AvgIpc) is 2.40. The van der Waals surface area contributed by atoms with Crippen LogP contribution in [0.1, 0.15) is 32.8 Å². The predicted molar refractivity (Wildman–Crippen MR) is 85.3 cm³/mol. The molecule has 0 heterocycles. The fraction of sp³-hybridized carbons (Fsp3) is 0.429. The third kappa shape index (κ3) is 4.65. The second kappa shape index (κ2) is 7.45. The van der Waals surface area contributed by atoms with Crippen LogP contribution in [0.5, 0.6) is 5.75 Å². The number of hydrogen-bond donors (Lipinski definition) is 2.